The highest BCUT2D eigenvalue weighted by Gasteiger charge is 2.10. The molecule has 5 nitrogen and oxygen atoms in total. The number of hydrogen-bond acceptors (Lipinski definition) is 4. The number of phenolic OH excluding ortho intramolecular Hbond substituents is 1. The minimum Gasteiger partial charge on any atom is -0.508 e. The highest BCUT2D eigenvalue weighted by atomic mass is 32.1. The van der Waals surface area contributed by atoms with Gasteiger partial charge in [-0.1, -0.05) is 36.4 Å². The Hall–Kier alpha value is -3.64. The van der Waals surface area contributed by atoms with Crippen molar-refractivity contribution in [3.63, 3.8) is 0 Å². The lowest BCUT2D eigenvalue weighted by atomic mass is 10.1. The molecule has 0 aliphatic heterocycles. The van der Waals surface area contributed by atoms with Gasteiger partial charge in [0.2, 0.25) is 0 Å². The summed E-state index contributed by atoms with van der Waals surface area (Å²) in [6.45, 7) is 0. The van der Waals surface area contributed by atoms with Gasteiger partial charge in [0.15, 0.2) is 5.78 Å². The topological polar surface area (TPSA) is 75.1 Å². The number of thiophene rings is 1. The fourth-order valence-corrected chi connectivity index (χ4v) is 3.54. The Morgan fingerprint density at radius 3 is 2.71 bits per heavy atom. The highest BCUT2D eigenvalue weighted by molar-refractivity contribution is 7.13. The number of nitrogens with one attached hydrogen (secondary N) is 1. The molecule has 0 amide bonds. The van der Waals surface area contributed by atoms with Gasteiger partial charge >= 0.3 is 5.69 Å². The maximum atomic E-state index is 12.5. The summed E-state index contributed by atoms with van der Waals surface area (Å²) in [5.74, 6) is -0.0442. The minimum absolute atomic E-state index is 0.143. The number of imidazole rings is 1. The number of aromatic nitrogens is 2. The van der Waals surface area contributed by atoms with Crippen LogP contribution in [0.1, 0.15) is 15.9 Å². The van der Waals surface area contributed by atoms with E-state index in [0.29, 0.717) is 11.3 Å². The van der Waals surface area contributed by atoms with Crippen LogP contribution in [-0.4, -0.2) is 20.4 Å². The molecule has 4 rings (SSSR count). The first-order valence-electron chi connectivity index (χ1n) is 8.57. The molecule has 0 saturated carbocycles. The lowest BCUT2D eigenvalue weighted by Crippen LogP contribution is -2.14. The van der Waals surface area contributed by atoms with Crippen LogP contribution in [0.15, 0.2) is 83.1 Å². The minimum atomic E-state index is -0.261. The number of carbonyl (C=O) groups excluding carboxylic acids is 1. The zero-order valence-corrected chi connectivity index (χ0v) is 15.5. The Kier molecular flexibility index (Phi) is 4.78. The summed E-state index contributed by atoms with van der Waals surface area (Å²) in [5.41, 5.74) is 2.29. The molecule has 0 unspecified atom stereocenters. The van der Waals surface area contributed by atoms with E-state index in [2.05, 4.69) is 4.98 Å². The normalized spacial score (nSPS) is 11.1. The molecule has 0 fully saturated rings. The van der Waals surface area contributed by atoms with E-state index in [1.807, 2.05) is 17.5 Å². The van der Waals surface area contributed by atoms with Gasteiger partial charge in [0, 0.05) is 11.8 Å². The number of ketones is 1. The van der Waals surface area contributed by atoms with Crippen LogP contribution < -0.4 is 5.69 Å². The molecule has 28 heavy (non-hydrogen) atoms. The first-order chi connectivity index (χ1) is 13.6. The maximum absolute atomic E-state index is 12.5. The number of nitrogens with zero attached hydrogens (tertiary/aromatic N) is 1. The zero-order chi connectivity index (χ0) is 19.5. The van der Waals surface area contributed by atoms with Crippen LogP contribution in [-0.2, 0) is 0 Å². The summed E-state index contributed by atoms with van der Waals surface area (Å²) in [5, 5.41) is 11.4. The maximum Gasteiger partial charge on any atom is 0.330 e. The summed E-state index contributed by atoms with van der Waals surface area (Å²) in [7, 11) is 0. The van der Waals surface area contributed by atoms with Gasteiger partial charge in [0.05, 0.1) is 16.3 Å². The lowest BCUT2D eigenvalue weighted by molar-refractivity contribution is 0.104. The number of carbonyl (C=O) groups is 1. The van der Waals surface area contributed by atoms with Crippen molar-refractivity contribution >= 4 is 23.2 Å². The molecule has 0 bridgehead atoms. The molecule has 2 aromatic carbocycles. The molecule has 2 N–H and O–H groups in total. The molecule has 4 aromatic rings. The molecule has 0 radical (unpaired) electrons. The van der Waals surface area contributed by atoms with Gasteiger partial charge in [0.25, 0.3) is 0 Å². The Morgan fingerprint density at radius 2 is 1.93 bits per heavy atom. The van der Waals surface area contributed by atoms with Gasteiger partial charge in [-0.3, -0.25) is 9.36 Å². The number of H-pyrrole nitrogens is 1. The average Bonchev–Trinajstić information content (AvgIpc) is 3.36. The number of phenols is 1. The predicted octanol–water partition coefficient (Wildman–Crippen LogP) is 4.50. The molecule has 0 spiro atoms. The third-order valence-corrected chi connectivity index (χ3v) is 5.11. The van der Waals surface area contributed by atoms with Gasteiger partial charge in [-0.25, -0.2) is 4.79 Å². The van der Waals surface area contributed by atoms with Crippen molar-refractivity contribution in [1.29, 1.82) is 0 Å². The SMILES string of the molecule is O=C(C=Cc1cccc(O)c1)c1cccc(-n2cc(-c3cccs3)[nH]c2=O)c1. The van der Waals surface area contributed by atoms with E-state index in [-0.39, 0.29) is 17.2 Å². The van der Waals surface area contributed by atoms with Crippen LogP contribution in [0.25, 0.3) is 22.3 Å². The van der Waals surface area contributed by atoms with Crippen LogP contribution in [0, 0.1) is 0 Å². The van der Waals surface area contributed by atoms with Crippen molar-refractivity contribution in [1.82, 2.24) is 9.55 Å². The summed E-state index contributed by atoms with van der Waals surface area (Å²) < 4.78 is 1.49. The third kappa shape index (κ3) is 3.72. The van der Waals surface area contributed by atoms with Crippen molar-refractivity contribution < 1.29 is 9.90 Å². The summed E-state index contributed by atoms with van der Waals surface area (Å²) in [4.78, 5) is 28.7. The number of rotatable bonds is 5. The van der Waals surface area contributed by atoms with Gasteiger partial charge in [-0.05, 0) is 47.4 Å². The van der Waals surface area contributed by atoms with Gasteiger partial charge in [0.1, 0.15) is 5.75 Å². The number of hydrogen-bond donors (Lipinski definition) is 2. The van der Waals surface area contributed by atoms with E-state index in [9.17, 15) is 14.7 Å². The smallest absolute Gasteiger partial charge is 0.330 e. The Balaban J connectivity index is 1.61. The largest absolute Gasteiger partial charge is 0.508 e. The molecule has 6 heteroatoms. The Labute approximate surface area is 164 Å². The van der Waals surface area contributed by atoms with Gasteiger partial charge in [-0.2, -0.15) is 0 Å². The zero-order valence-electron chi connectivity index (χ0n) is 14.7. The first-order valence-corrected chi connectivity index (χ1v) is 9.45. The summed E-state index contributed by atoms with van der Waals surface area (Å²) >= 11 is 1.54. The standard InChI is InChI=1S/C22H16N2O3S/c25-18-7-1-4-15(12-18)9-10-20(26)16-5-2-6-17(13-16)24-14-19(23-22(24)27)21-8-3-11-28-21/h1-14,25H,(H,23,27). The number of aromatic amines is 1. The van der Waals surface area contributed by atoms with Gasteiger partial charge < -0.3 is 10.1 Å². The van der Waals surface area contributed by atoms with Crippen LogP contribution in [0.3, 0.4) is 0 Å². The van der Waals surface area contributed by atoms with E-state index in [1.165, 1.54) is 10.6 Å². The molecule has 0 saturated heterocycles. The first kappa shape index (κ1) is 17.8. The molecule has 2 aromatic heterocycles. The average molecular weight is 388 g/mol. The molecule has 0 aliphatic rings. The van der Waals surface area contributed by atoms with E-state index >= 15 is 0 Å². The van der Waals surface area contributed by atoms with E-state index in [1.54, 1.807) is 72.1 Å². The van der Waals surface area contributed by atoms with Crippen molar-refractivity contribution in [2.75, 3.05) is 0 Å². The van der Waals surface area contributed by atoms with E-state index in [0.717, 1.165) is 16.1 Å². The number of benzene rings is 2. The molecule has 2 heterocycles. The fraction of sp³-hybridized carbons (Fsp3) is 0. The van der Waals surface area contributed by atoms with Crippen molar-refractivity contribution in [2.24, 2.45) is 0 Å². The van der Waals surface area contributed by atoms with Gasteiger partial charge in [-0.15, -0.1) is 11.3 Å². The summed E-state index contributed by atoms with van der Waals surface area (Å²) in [6.07, 6.45) is 4.83. The highest BCUT2D eigenvalue weighted by Crippen LogP contribution is 2.22. The monoisotopic (exact) mass is 388 g/mol. The molecule has 138 valence electrons. The quantitative estimate of drug-likeness (QED) is 0.391. The third-order valence-electron chi connectivity index (χ3n) is 4.21. The van der Waals surface area contributed by atoms with Crippen LogP contribution >= 0.6 is 11.3 Å². The van der Waals surface area contributed by atoms with Crippen LogP contribution in [0.5, 0.6) is 5.75 Å². The number of aromatic hydroxyl groups is 1. The molecular weight excluding hydrogens is 372 g/mol. The second-order valence-electron chi connectivity index (χ2n) is 6.16. The van der Waals surface area contributed by atoms with Crippen molar-refractivity contribution in [3.05, 3.63) is 99.9 Å². The van der Waals surface area contributed by atoms with E-state index in [4.69, 9.17) is 0 Å². The molecule has 0 aliphatic carbocycles. The number of allylic oxidation sites excluding steroid dienone is 1. The second-order valence-corrected chi connectivity index (χ2v) is 7.11. The van der Waals surface area contributed by atoms with Crippen molar-refractivity contribution in [3.8, 4) is 22.0 Å². The Morgan fingerprint density at radius 1 is 1.07 bits per heavy atom. The molecular formula is C22H16N2O3S. The van der Waals surface area contributed by atoms with Crippen LogP contribution in [0.4, 0.5) is 0 Å². The Bertz CT molecular complexity index is 1220. The van der Waals surface area contributed by atoms with Crippen LogP contribution in [0.2, 0.25) is 0 Å². The molecule has 0 atom stereocenters. The van der Waals surface area contributed by atoms with E-state index < -0.39 is 0 Å². The second kappa shape index (κ2) is 7.54. The summed E-state index contributed by atoms with van der Waals surface area (Å²) in [6, 6.07) is 17.4. The fourth-order valence-electron chi connectivity index (χ4n) is 2.85. The lowest BCUT2D eigenvalue weighted by Gasteiger charge is -2.03. The predicted molar refractivity (Wildman–Crippen MR) is 111 cm³/mol. The van der Waals surface area contributed by atoms with Crippen molar-refractivity contribution in [2.45, 2.75) is 0 Å².